The first-order valence-electron chi connectivity index (χ1n) is 9.66. The number of amides is 1. The predicted molar refractivity (Wildman–Crippen MR) is 130 cm³/mol. The van der Waals surface area contributed by atoms with E-state index in [1.54, 1.807) is 0 Å². The van der Waals surface area contributed by atoms with Crippen LogP contribution >= 0.6 is 58.2 Å². The number of nitrogens with zero attached hydrogens (tertiary/aromatic N) is 1. The Labute approximate surface area is 221 Å². The number of halogens is 7. The summed E-state index contributed by atoms with van der Waals surface area (Å²) < 4.78 is 42.6. The van der Waals surface area contributed by atoms with Crippen LogP contribution in [0, 0.1) is 0 Å². The first kappa shape index (κ1) is 27.7. The van der Waals surface area contributed by atoms with Gasteiger partial charge in [0, 0.05) is 29.1 Å². The molecule has 0 aromatic heterocycles. The number of aliphatic carboxylic acids is 1. The molecule has 0 aliphatic carbocycles. The second-order valence-corrected chi connectivity index (χ2v) is 9.94. The van der Waals surface area contributed by atoms with E-state index in [4.69, 9.17) is 56.3 Å². The lowest BCUT2D eigenvalue weighted by Crippen LogP contribution is -2.42. The monoisotopic (exact) mass is 588 g/mol. The highest BCUT2D eigenvalue weighted by atomic mass is 35.5. The van der Waals surface area contributed by atoms with Gasteiger partial charge in [-0.2, -0.15) is 13.2 Å². The fraction of sp³-hybridized carbons (Fsp3) is 0.286. The largest absolute Gasteiger partial charge is 0.481 e. The number of oxime groups is 1. The van der Waals surface area contributed by atoms with Gasteiger partial charge in [-0.05, 0) is 23.8 Å². The molecule has 0 bridgehead atoms. The first-order chi connectivity index (χ1) is 16.3. The fourth-order valence-corrected chi connectivity index (χ4v) is 4.60. The van der Waals surface area contributed by atoms with Gasteiger partial charge in [-0.3, -0.25) is 9.59 Å². The maximum Gasteiger partial charge on any atom is 0.435 e. The van der Waals surface area contributed by atoms with Crippen molar-refractivity contribution < 1.29 is 32.7 Å². The Bertz CT molecular complexity index is 1170. The number of hydrogen-bond donors (Lipinski definition) is 2. The summed E-state index contributed by atoms with van der Waals surface area (Å²) >= 11 is 25.0. The maximum atomic E-state index is 14.2. The quantitative estimate of drug-likeness (QED) is 0.352. The Morgan fingerprint density at radius 3 is 2.31 bits per heavy atom. The molecule has 6 nitrogen and oxygen atoms in total. The number of hydrogen-bond acceptors (Lipinski definition) is 5. The molecular weight excluding hydrogens is 575 g/mol. The van der Waals surface area contributed by atoms with Crippen LogP contribution in [0.1, 0.15) is 23.1 Å². The molecule has 0 radical (unpaired) electrons. The second kappa shape index (κ2) is 11.0. The van der Waals surface area contributed by atoms with Gasteiger partial charge in [0.2, 0.25) is 5.91 Å². The van der Waals surface area contributed by atoms with Gasteiger partial charge in [0.15, 0.2) is 0 Å². The smallest absolute Gasteiger partial charge is 0.435 e. The lowest BCUT2D eigenvalue weighted by atomic mass is 9.86. The molecule has 0 saturated carbocycles. The van der Waals surface area contributed by atoms with E-state index in [9.17, 15) is 22.8 Å². The van der Waals surface area contributed by atoms with E-state index in [0.717, 1.165) is 23.9 Å². The molecule has 3 rings (SSSR count). The Hall–Kier alpha value is -1.85. The van der Waals surface area contributed by atoms with Crippen LogP contribution in [0.2, 0.25) is 20.1 Å². The molecule has 2 N–H and O–H groups in total. The summed E-state index contributed by atoms with van der Waals surface area (Å²) in [6, 6.07) is 6.53. The van der Waals surface area contributed by atoms with Gasteiger partial charge in [0.25, 0.3) is 5.60 Å². The third kappa shape index (κ3) is 6.29. The average Bonchev–Trinajstić information content (AvgIpc) is 3.23. The summed E-state index contributed by atoms with van der Waals surface area (Å²) in [5.74, 6) is -1.67. The highest BCUT2D eigenvalue weighted by Gasteiger charge is 2.62. The second-order valence-electron chi connectivity index (χ2n) is 7.35. The van der Waals surface area contributed by atoms with Gasteiger partial charge in [0.05, 0.1) is 32.3 Å². The minimum Gasteiger partial charge on any atom is -0.481 e. The summed E-state index contributed by atoms with van der Waals surface area (Å²) in [7, 11) is 0. The van der Waals surface area contributed by atoms with Crippen LogP contribution in [-0.4, -0.2) is 40.4 Å². The number of thioether (sulfide) groups is 1. The number of benzene rings is 2. The molecule has 35 heavy (non-hydrogen) atoms. The number of carbonyl (C=O) groups excluding carboxylic acids is 1. The molecule has 14 heteroatoms. The normalized spacial score (nSPS) is 17.6. The molecule has 0 saturated heterocycles. The van der Waals surface area contributed by atoms with Crippen molar-refractivity contribution in [2.24, 2.45) is 5.16 Å². The number of alkyl halides is 3. The fourth-order valence-electron chi connectivity index (χ4n) is 3.19. The Balaban J connectivity index is 1.76. The number of carboxylic acid groups (broad SMARTS) is 1. The van der Waals surface area contributed by atoms with Crippen molar-refractivity contribution in [1.82, 2.24) is 5.32 Å². The Kier molecular flexibility index (Phi) is 8.75. The summed E-state index contributed by atoms with van der Waals surface area (Å²) in [5, 5.41) is 14.6. The Morgan fingerprint density at radius 2 is 1.74 bits per heavy atom. The average molecular weight is 590 g/mol. The van der Waals surface area contributed by atoms with E-state index in [1.165, 1.54) is 18.2 Å². The van der Waals surface area contributed by atoms with Gasteiger partial charge < -0.3 is 15.3 Å². The van der Waals surface area contributed by atoms with E-state index in [2.05, 4.69) is 10.5 Å². The van der Waals surface area contributed by atoms with Crippen molar-refractivity contribution in [3.8, 4) is 0 Å². The minimum absolute atomic E-state index is 0.00734. The van der Waals surface area contributed by atoms with Gasteiger partial charge in [-0.15, -0.1) is 11.8 Å². The highest BCUT2D eigenvalue weighted by molar-refractivity contribution is 8.00. The van der Waals surface area contributed by atoms with Crippen molar-refractivity contribution in [3.05, 3.63) is 67.1 Å². The van der Waals surface area contributed by atoms with Crippen LogP contribution in [0.4, 0.5) is 13.2 Å². The summed E-state index contributed by atoms with van der Waals surface area (Å²) in [4.78, 5) is 27.3. The van der Waals surface area contributed by atoms with E-state index < -0.39 is 24.2 Å². The van der Waals surface area contributed by atoms with Crippen LogP contribution in [0.5, 0.6) is 0 Å². The van der Waals surface area contributed by atoms with Crippen LogP contribution in [0.15, 0.2) is 35.5 Å². The summed E-state index contributed by atoms with van der Waals surface area (Å²) in [6.07, 6.45) is -5.54. The molecule has 1 atom stereocenters. The van der Waals surface area contributed by atoms with Gasteiger partial charge >= 0.3 is 12.1 Å². The minimum atomic E-state index is -4.87. The third-order valence-corrected chi connectivity index (χ3v) is 7.42. The highest BCUT2D eigenvalue weighted by Crippen LogP contribution is 2.50. The van der Waals surface area contributed by atoms with E-state index >= 15 is 0 Å². The molecule has 1 aliphatic heterocycles. The Morgan fingerprint density at radius 1 is 1.09 bits per heavy atom. The van der Waals surface area contributed by atoms with Crippen LogP contribution < -0.4 is 5.32 Å². The van der Waals surface area contributed by atoms with Crippen molar-refractivity contribution >= 4 is 75.8 Å². The number of nitrogens with one attached hydrogen (secondary N) is 1. The third-order valence-electron chi connectivity index (χ3n) is 4.96. The molecule has 1 amide bonds. The molecule has 188 valence electrons. The SMILES string of the molecule is O=C(O)CSCC(=O)NCc1ccc(C2=NOC(c3cc(Cl)c(Cl)c(Cl)c3)(C(F)(F)F)C2)cc1Cl. The zero-order chi connectivity index (χ0) is 26.0. The molecule has 1 aliphatic rings. The predicted octanol–water partition coefficient (Wildman–Crippen LogP) is 6.32. The molecule has 2 aromatic carbocycles. The van der Waals surface area contributed by atoms with Crippen LogP contribution in [0.25, 0.3) is 0 Å². The zero-order valence-corrected chi connectivity index (χ0v) is 21.2. The van der Waals surface area contributed by atoms with Gasteiger partial charge in [-0.25, -0.2) is 0 Å². The van der Waals surface area contributed by atoms with E-state index in [1.807, 2.05) is 0 Å². The first-order valence-corrected chi connectivity index (χ1v) is 12.3. The van der Waals surface area contributed by atoms with E-state index in [-0.39, 0.29) is 55.3 Å². The summed E-state index contributed by atoms with van der Waals surface area (Å²) in [6.45, 7) is 0.0445. The lowest BCUT2D eigenvalue weighted by molar-refractivity contribution is -0.275. The standard InChI is InChI=1S/C21H15Cl4F3N2O4S/c22-13-3-10(1-2-11(13)7-29-17(31)8-35-9-18(32)33)16-6-20(34-30-16,21(26,27)28)12-4-14(23)19(25)15(24)5-12/h1-5H,6-9H2,(H,29,31)(H,32,33). The molecule has 1 heterocycles. The number of rotatable bonds is 8. The summed E-state index contributed by atoms with van der Waals surface area (Å²) in [5.41, 5.74) is -2.39. The van der Waals surface area contributed by atoms with E-state index in [0.29, 0.717) is 11.1 Å². The van der Waals surface area contributed by atoms with Crippen LogP contribution in [0.3, 0.4) is 0 Å². The van der Waals surface area contributed by atoms with Gasteiger partial charge in [0.1, 0.15) is 0 Å². The van der Waals surface area contributed by atoms with Crippen molar-refractivity contribution in [2.75, 3.05) is 11.5 Å². The van der Waals surface area contributed by atoms with Crippen molar-refractivity contribution in [3.63, 3.8) is 0 Å². The van der Waals surface area contributed by atoms with Crippen molar-refractivity contribution in [1.29, 1.82) is 0 Å². The molecule has 0 fully saturated rings. The number of carbonyl (C=O) groups is 2. The topological polar surface area (TPSA) is 88.0 Å². The van der Waals surface area contributed by atoms with Crippen LogP contribution in [-0.2, 0) is 26.6 Å². The number of carboxylic acids is 1. The maximum absolute atomic E-state index is 14.2. The molecule has 0 spiro atoms. The lowest BCUT2D eigenvalue weighted by Gasteiger charge is -2.30. The van der Waals surface area contributed by atoms with Crippen molar-refractivity contribution in [2.45, 2.75) is 24.7 Å². The molecule has 2 aromatic rings. The zero-order valence-electron chi connectivity index (χ0n) is 17.4. The molecule has 1 unspecified atom stereocenters. The van der Waals surface area contributed by atoms with Gasteiger partial charge in [-0.1, -0.05) is 63.7 Å². The molecular formula is C21H15Cl4F3N2O4S.